The number of phenolic OH excluding ortho intramolecular Hbond substituents is 2. The summed E-state index contributed by atoms with van der Waals surface area (Å²) >= 11 is 0. The summed E-state index contributed by atoms with van der Waals surface area (Å²) in [6.45, 7) is 0. The van der Waals surface area contributed by atoms with Gasteiger partial charge in [0.25, 0.3) is 0 Å². The predicted octanol–water partition coefficient (Wildman–Crippen LogP) is 2.33. The number of aromatic hydroxyl groups is 2. The number of carbonyl (C=O) groups excluding carboxylic acids is 1. The average Bonchev–Trinajstić information content (AvgIpc) is 2.42. The molecule has 5 nitrogen and oxygen atoms in total. The molecular weight excluding hydrogens is 256 g/mol. The van der Waals surface area contributed by atoms with Crippen molar-refractivity contribution in [2.45, 2.75) is 0 Å². The Morgan fingerprint density at radius 2 is 1.70 bits per heavy atom. The Bertz CT molecular complexity index is 649. The third-order valence-electron chi connectivity index (χ3n) is 2.62. The maximum Gasteiger partial charge on any atom is 0.248 e. The Balaban J connectivity index is 2.05. The van der Waals surface area contributed by atoms with E-state index in [1.54, 1.807) is 18.2 Å². The van der Waals surface area contributed by atoms with Crippen LogP contribution < -0.4 is 11.1 Å². The van der Waals surface area contributed by atoms with Crippen LogP contribution in [-0.4, -0.2) is 16.1 Å². The highest BCUT2D eigenvalue weighted by Gasteiger charge is 2.00. The summed E-state index contributed by atoms with van der Waals surface area (Å²) in [7, 11) is 0. The molecule has 0 saturated heterocycles. The van der Waals surface area contributed by atoms with E-state index < -0.39 is 0 Å². The molecule has 2 aromatic carbocycles. The lowest BCUT2D eigenvalue weighted by Gasteiger charge is -2.03. The van der Waals surface area contributed by atoms with Crippen LogP contribution in [0.1, 0.15) is 5.56 Å². The first-order valence-electron chi connectivity index (χ1n) is 5.91. The van der Waals surface area contributed by atoms with Gasteiger partial charge in [0, 0.05) is 23.0 Å². The number of phenols is 2. The molecule has 0 unspecified atom stereocenters. The van der Waals surface area contributed by atoms with Crippen LogP contribution in [0.4, 0.5) is 11.4 Å². The van der Waals surface area contributed by atoms with E-state index in [2.05, 4.69) is 5.32 Å². The maximum absolute atomic E-state index is 11.7. The molecule has 0 atom stereocenters. The highest BCUT2D eigenvalue weighted by molar-refractivity contribution is 6.02. The van der Waals surface area contributed by atoms with E-state index in [0.29, 0.717) is 16.9 Å². The van der Waals surface area contributed by atoms with Gasteiger partial charge in [0.1, 0.15) is 11.5 Å². The van der Waals surface area contributed by atoms with Crippen LogP contribution >= 0.6 is 0 Å². The fraction of sp³-hybridized carbons (Fsp3) is 0. The lowest BCUT2D eigenvalue weighted by atomic mass is 10.1. The molecule has 1 amide bonds. The number of hydrogen-bond acceptors (Lipinski definition) is 4. The van der Waals surface area contributed by atoms with Gasteiger partial charge in [0.15, 0.2) is 0 Å². The van der Waals surface area contributed by atoms with Crippen molar-refractivity contribution in [1.82, 2.24) is 0 Å². The molecule has 0 heterocycles. The molecule has 102 valence electrons. The fourth-order valence-electron chi connectivity index (χ4n) is 1.60. The van der Waals surface area contributed by atoms with Crippen LogP contribution in [0.5, 0.6) is 11.5 Å². The number of nitrogens with two attached hydrogens (primary N) is 1. The van der Waals surface area contributed by atoms with Gasteiger partial charge in [0.2, 0.25) is 5.91 Å². The smallest absolute Gasteiger partial charge is 0.248 e. The molecule has 0 fully saturated rings. The molecule has 5 N–H and O–H groups in total. The number of rotatable bonds is 3. The summed E-state index contributed by atoms with van der Waals surface area (Å²) in [5.41, 5.74) is 7.32. The molecule has 0 spiro atoms. The van der Waals surface area contributed by atoms with Gasteiger partial charge in [-0.25, -0.2) is 0 Å². The van der Waals surface area contributed by atoms with E-state index in [1.165, 1.54) is 36.4 Å². The quantitative estimate of drug-likeness (QED) is 0.391. The zero-order valence-electron chi connectivity index (χ0n) is 10.6. The van der Waals surface area contributed by atoms with Gasteiger partial charge in [-0.05, 0) is 48.5 Å². The predicted molar refractivity (Wildman–Crippen MR) is 78.3 cm³/mol. The summed E-state index contributed by atoms with van der Waals surface area (Å²) in [6.07, 6.45) is 2.84. The number of amides is 1. The normalized spacial score (nSPS) is 10.6. The molecule has 0 bridgehead atoms. The number of benzene rings is 2. The minimum Gasteiger partial charge on any atom is -0.508 e. The fourth-order valence-corrected chi connectivity index (χ4v) is 1.60. The monoisotopic (exact) mass is 270 g/mol. The summed E-state index contributed by atoms with van der Waals surface area (Å²) in [5, 5.41) is 21.1. The minimum absolute atomic E-state index is 0.0813. The first-order valence-corrected chi connectivity index (χ1v) is 5.91. The third kappa shape index (κ3) is 3.52. The van der Waals surface area contributed by atoms with Gasteiger partial charge >= 0.3 is 0 Å². The van der Waals surface area contributed by atoms with Crippen LogP contribution in [0, 0.1) is 0 Å². The third-order valence-corrected chi connectivity index (χ3v) is 2.62. The van der Waals surface area contributed by atoms with E-state index in [1.807, 2.05) is 0 Å². The summed E-state index contributed by atoms with van der Waals surface area (Å²) < 4.78 is 0. The highest BCUT2D eigenvalue weighted by Crippen LogP contribution is 2.20. The summed E-state index contributed by atoms with van der Waals surface area (Å²) in [4.78, 5) is 11.7. The largest absolute Gasteiger partial charge is 0.508 e. The van der Waals surface area contributed by atoms with Crippen LogP contribution in [0.15, 0.2) is 48.5 Å². The molecule has 0 radical (unpaired) electrons. The number of carbonyl (C=O) groups is 1. The van der Waals surface area contributed by atoms with Gasteiger partial charge in [0.05, 0.1) is 0 Å². The topological polar surface area (TPSA) is 95.6 Å². The Kier molecular flexibility index (Phi) is 3.91. The number of anilines is 2. The zero-order valence-corrected chi connectivity index (χ0v) is 10.6. The van der Waals surface area contributed by atoms with Gasteiger partial charge in [-0.1, -0.05) is 0 Å². The van der Waals surface area contributed by atoms with Crippen molar-refractivity contribution in [2.24, 2.45) is 0 Å². The maximum atomic E-state index is 11.7. The number of nitrogen functional groups attached to an aromatic ring is 1. The Hall–Kier alpha value is -2.95. The summed E-state index contributed by atoms with van der Waals surface area (Å²) in [5.74, 6) is -0.123. The summed E-state index contributed by atoms with van der Waals surface area (Å²) in [6, 6.07) is 10.6. The number of hydrogen-bond donors (Lipinski definition) is 4. The molecule has 2 aromatic rings. The first-order chi connectivity index (χ1) is 9.54. The van der Waals surface area contributed by atoms with Crippen molar-refractivity contribution in [1.29, 1.82) is 0 Å². The van der Waals surface area contributed by atoms with E-state index in [9.17, 15) is 9.90 Å². The molecule has 0 aliphatic carbocycles. The van der Waals surface area contributed by atoms with Crippen LogP contribution in [0.2, 0.25) is 0 Å². The van der Waals surface area contributed by atoms with Crippen molar-refractivity contribution in [3.63, 3.8) is 0 Å². The van der Waals surface area contributed by atoms with Gasteiger partial charge in [-0.15, -0.1) is 0 Å². The molecule has 0 aliphatic heterocycles. The zero-order chi connectivity index (χ0) is 14.5. The number of nitrogens with one attached hydrogen (secondary N) is 1. The molecule has 5 heteroatoms. The van der Waals surface area contributed by atoms with Crippen molar-refractivity contribution < 1.29 is 15.0 Å². The SMILES string of the molecule is Nc1ccc(O)cc1C=CC(=O)Nc1ccc(O)cc1. The molecular formula is C15H14N2O3. The molecule has 0 saturated carbocycles. The van der Waals surface area contributed by atoms with E-state index in [0.717, 1.165) is 0 Å². The second-order valence-corrected chi connectivity index (χ2v) is 4.18. The van der Waals surface area contributed by atoms with E-state index in [-0.39, 0.29) is 17.4 Å². The van der Waals surface area contributed by atoms with Crippen molar-refractivity contribution in [2.75, 3.05) is 11.1 Å². The van der Waals surface area contributed by atoms with E-state index in [4.69, 9.17) is 10.8 Å². The molecule has 2 rings (SSSR count). The van der Waals surface area contributed by atoms with Crippen molar-refractivity contribution in [3.05, 3.63) is 54.1 Å². The molecule has 20 heavy (non-hydrogen) atoms. The van der Waals surface area contributed by atoms with Gasteiger partial charge in [-0.2, -0.15) is 0 Å². The molecule has 0 aromatic heterocycles. The second kappa shape index (κ2) is 5.79. The minimum atomic E-state index is -0.335. The Morgan fingerprint density at radius 1 is 1.05 bits per heavy atom. The Labute approximate surface area is 116 Å². The lowest BCUT2D eigenvalue weighted by Crippen LogP contribution is -2.07. The van der Waals surface area contributed by atoms with E-state index >= 15 is 0 Å². The second-order valence-electron chi connectivity index (χ2n) is 4.18. The van der Waals surface area contributed by atoms with Gasteiger partial charge in [-0.3, -0.25) is 4.79 Å². The standard InChI is InChI=1S/C15H14N2O3/c16-14-7-6-13(19)9-10(14)1-8-15(20)17-11-2-4-12(18)5-3-11/h1-9,18-19H,16H2,(H,17,20). The van der Waals surface area contributed by atoms with Crippen LogP contribution in [0.3, 0.4) is 0 Å². The van der Waals surface area contributed by atoms with Crippen molar-refractivity contribution in [3.8, 4) is 11.5 Å². The highest BCUT2D eigenvalue weighted by atomic mass is 16.3. The van der Waals surface area contributed by atoms with Crippen LogP contribution in [0.25, 0.3) is 6.08 Å². The van der Waals surface area contributed by atoms with Crippen molar-refractivity contribution >= 4 is 23.4 Å². The van der Waals surface area contributed by atoms with Gasteiger partial charge < -0.3 is 21.3 Å². The lowest BCUT2D eigenvalue weighted by molar-refractivity contribution is -0.111. The average molecular weight is 270 g/mol. The van der Waals surface area contributed by atoms with Crippen LogP contribution in [-0.2, 0) is 4.79 Å². The first kappa shape index (κ1) is 13.5. The molecule has 0 aliphatic rings. The Morgan fingerprint density at radius 3 is 2.40 bits per heavy atom.